The van der Waals surface area contributed by atoms with Crippen molar-refractivity contribution < 1.29 is 8.42 Å². The molecule has 1 heterocycles. The number of nitrogens with zero attached hydrogens (tertiary/aromatic N) is 1. The van der Waals surface area contributed by atoms with Gasteiger partial charge in [-0.05, 0) is 25.0 Å². The van der Waals surface area contributed by atoms with Gasteiger partial charge >= 0.3 is 0 Å². The third-order valence-corrected chi connectivity index (χ3v) is 4.70. The first-order valence-electron chi connectivity index (χ1n) is 6.14. The number of aryl methyl sites for hydroxylation is 2. The van der Waals surface area contributed by atoms with E-state index in [2.05, 4.69) is 23.5 Å². The minimum Gasteiger partial charge on any atom is -0.313 e. The number of sulfonamides is 1. The smallest absolute Gasteiger partial charge is 0.211 e. The Labute approximate surface area is 109 Å². The third kappa shape index (κ3) is 2.74. The van der Waals surface area contributed by atoms with E-state index in [-0.39, 0.29) is 6.04 Å². The van der Waals surface area contributed by atoms with E-state index in [1.807, 2.05) is 13.8 Å². The highest BCUT2D eigenvalue weighted by molar-refractivity contribution is 7.88. The molecular weight excluding hydrogens is 248 g/mol. The monoisotopic (exact) mass is 268 g/mol. The molecule has 1 aromatic carbocycles. The maximum Gasteiger partial charge on any atom is 0.211 e. The Balaban J connectivity index is 2.43. The Kier molecular flexibility index (Phi) is 3.75. The van der Waals surface area contributed by atoms with Gasteiger partial charge in [-0.15, -0.1) is 0 Å². The summed E-state index contributed by atoms with van der Waals surface area (Å²) in [5.74, 6) is 0. The standard InChI is InChI=1S/C13H20N2O2S/c1-10-4-5-11(2)12(8-10)13-9-14-6-7-15(13)18(3,16)17/h4-5,8,13-14H,6-7,9H2,1-3H3. The van der Waals surface area contributed by atoms with Crippen LogP contribution in [0, 0.1) is 13.8 Å². The van der Waals surface area contributed by atoms with E-state index >= 15 is 0 Å². The van der Waals surface area contributed by atoms with Crippen molar-refractivity contribution in [2.45, 2.75) is 19.9 Å². The molecular formula is C13H20N2O2S. The number of hydrogen-bond acceptors (Lipinski definition) is 3. The lowest BCUT2D eigenvalue weighted by molar-refractivity contribution is 0.272. The summed E-state index contributed by atoms with van der Waals surface area (Å²) in [4.78, 5) is 0. The van der Waals surface area contributed by atoms with Crippen LogP contribution in [0.4, 0.5) is 0 Å². The summed E-state index contributed by atoms with van der Waals surface area (Å²) >= 11 is 0. The Morgan fingerprint density at radius 2 is 2.06 bits per heavy atom. The SMILES string of the molecule is Cc1ccc(C)c(C2CNCCN2S(C)(=O)=O)c1. The summed E-state index contributed by atoms with van der Waals surface area (Å²) in [5, 5.41) is 3.28. The Morgan fingerprint density at radius 3 is 2.72 bits per heavy atom. The fourth-order valence-electron chi connectivity index (χ4n) is 2.47. The van der Waals surface area contributed by atoms with Gasteiger partial charge in [-0.2, -0.15) is 4.31 Å². The van der Waals surface area contributed by atoms with Crippen molar-refractivity contribution in [2.75, 3.05) is 25.9 Å². The van der Waals surface area contributed by atoms with Gasteiger partial charge in [0, 0.05) is 19.6 Å². The van der Waals surface area contributed by atoms with E-state index in [0.717, 1.165) is 16.7 Å². The first kappa shape index (κ1) is 13.5. The molecule has 1 aromatic rings. The zero-order valence-electron chi connectivity index (χ0n) is 11.1. The molecule has 0 saturated carbocycles. The van der Waals surface area contributed by atoms with Crippen LogP contribution >= 0.6 is 0 Å². The van der Waals surface area contributed by atoms with Gasteiger partial charge in [-0.3, -0.25) is 0 Å². The van der Waals surface area contributed by atoms with Crippen molar-refractivity contribution in [1.82, 2.24) is 9.62 Å². The van der Waals surface area contributed by atoms with Crippen LogP contribution in [0.2, 0.25) is 0 Å². The molecule has 1 aliphatic rings. The molecule has 0 amide bonds. The van der Waals surface area contributed by atoms with Crippen LogP contribution < -0.4 is 5.32 Å². The fourth-order valence-corrected chi connectivity index (χ4v) is 3.54. The van der Waals surface area contributed by atoms with Gasteiger partial charge in [0.1, 0.15) is 0 Å². The average molecular weight is 268 g/mol. The second kappa shape index (κ2) is 4.99. The van der Waals surface area contributed by atoms with Gasteiger partial charge in [0.25, 0.3) is 0 Å². The van der Waals surface area contributed by atoms with Gasteiger partial charge in [-0.1, -0.05) is 23.8 Å². The van der Waals surface area contributed by atoms with Crippen LogP contribution in [0.3, 0.4) is 0 Å². The summed E-state index contributed by atoms with van der Waals surface area (Å²) in [6.45, 7) is 6.00. The Hall–Kier alpha value is -0.910. The molecule has 4 nitrogen and oxygen atoms in total. The molecule has 18 heavy (non-hydrogen) atoms. The molecule has 1 atom stereocenters. The van der Waals surface area contributed by atoms with Gasteiger partial charge in [-0.25, -0.2) is 8.42 Å². The van der Waals surface area contributed by atoms with E-state index in [1.165, 1.54) is 6.26 Å². The predicted molar refractivity (Wildman–Crippen MR) is 73.1 cm³/mol. The molecule has 1 saturated heterocycles. The van der Waals surface area contributed by atoms with Crippen LogP contribution in [0.25, 0.3) is 0 Å². The Bertz CT molecular complexity index is 540. The molecule has 1 fully saturated rings. The molecule has 0 aliphatic carbocycles. The molecule has 0 bridgehead atoms. The molecule has 0 aromatic heterocycles. The topological polar surface area (TPSA) is 49.4 Å². The Morgan fingerprint density at radius 1 is 1.33 bits per heavy atom. The highest BCUT2D eigenvalue weighted by Gasteiger charge is 2.31. The first-order chi connectivity index (χ1) is 8.39. The maximum atomic E-state index is 11.9. The van der Waals surface area contributed by atoms with Crippen molar-refractivity contribution in [3.63, 3.8) is 0 Å². The lowest BCUT2D eigenvalue weighted by atomic mass is 9.98. The van der Waals surface area contributed by atoms with E-state index in [9.17, 15) is 8.42 Å². The number of rotatable bonds is 2. The van der Waals surface area contributed by atoms with Crippen LogP contribution in [0.15, 0.2) is 18.2 Å². The van der Waals surface area contributed by atoms with E-state index in [1.54, 1.807) is 4.31 Å². The van der Waals surface area contributed by atoms with Gasteiger partial charge < -0.3 is 5.32 Å². The summed E-state index contributed by atoms with van der Waals surface area (Å²) in [5.41, 5.74) is 3.41. The summed E-state index contributed by atoms with van der Waals surface area (Å²) in [6.07, 6.45) is 1.29. The molecule has 1 aliphatic heterocycles. The first-order valence-corrected chi connectivity index (χ1v) is 7.99. The summed E-state index contributed by atoms with van der Waals surface area (Å²) < 4.78 is 25.3. The molecule has 0 radical (unpaired) electrons. The predicted octanol–water partition coefficient (Wildman–Crippen LogP) is 1.21. The minimum atomic E-state index is -3.16. The molecule has 1 N–H and O–H groups in total. The van der Waals surface area contributed by atoms with Crippen LogP contribution in [-0.4, -0.2) is 38.6 Å². The lowest BCUT2D eigenvalue weighted by Gasteiger charge is -2.35. The van der Waals surface area contributed by atoms with Gasteiger partial charge in [0.05, 0.1) is 12.3 Å². The number of hydrogen-bond donors (Lipinski definition) is 1. The largest absolute Gasteiger partial charge is 0.313 e. The highest BCUT2D eigenvalue weighted by atomic mass is 32.2. The maximum absolute atomic E-state index is 11.9. The molecule has 0 spiro atoms. The second-order valence-corrected chi connectivity index (χ2v) is 6.89. The molecule has 100 valence electrons. The molecule has 2 rings (SSSR count). The molecule has 1 unspecified atom stereocenters. The van der Waals surface area contributed by atoms with E-state index in [0.29, 0.717) is 19.6 Å². The zero-order chi connectivity index (χ0) is 13.3. The van der Waals surface area contributed by atoms with Gasteiger partial charge in [0.2, 0.25) is 10.0 Å². The fraction of sp³-hybridized carbons (Fsp3) is 0.538. The van der Waals surface area contributed by atoms with Crippen LogP contribution in [0.5, 0.6) is 0 Å². The van der Waals surface area contributed by atoms with Crippen molar-refractivity contribution in [1.29, 1.82) is 0 Å². The minimum absolute atomic E-state index is 0.0892. The normalized spacial score (nSPS) is 22.1. The van der Waals surface area contributed by atoms with Crippen LogP contribution in [-0.2, 0) is 10.0 Å². The second-order valence-electron chi connectivity index (χ2n) is 4.95. The third-order valence-electron chi connectivity index (χ3n) is 3.41. The van der Waals surface area contributed by atoms with Crippen molar-refractivity contribution in [3.8, 4) is 0 Å². The summed E-state index contributed by atoms with van der Waals surface area (Å²) in [7, 11) is -3.16. The summed E-state index contributed by atoms with van der Waals surface area (Å²) in [6, 6.07) is 6.11. The number of piperazine rings is 1. The molecule has 5 heteroatoms. The van der Waals surface area contributed by atoms with E-state index < -0.39 is 10.0 Å². The lowest BCUT2D eigenvalue weighted by Crippen LogP contribution is -2.48. The average Bonchev–Trinajstić information content (AvgIpc) is 2.31. The van der Waals surface area contributed by atoms with Crippen LogP contribution in [0.1, 0.15) is 22.7 Å². The quantitative estimate of drug-likeness (QED) is 0.877. The van der Waals surface area contributed by atoms with Crippen molar-refractivity contribution >= 4 is 10.0 Å². The highest BCUT2D eigenvalue weighted by Crippen LogP contribution is 2.27. The zero-order valence-corrected chi connectivity index (χ0v) is 11.9. The number of benzene rings is 1. The van der Waals surface area contributed by atoms with Crippen molar-refractivity contribution in [2.24, 2.45) is 0 Å². The number of nitrogens with one attached hydrogen (secondary N) is 1. The van der Waals surface area contributed by atoms with Crippen molar-refractivity contribution in [3.05, 3.63) is 34.9 Å². The van der Waals surface area contributed by atoms with Gasteiger partial charge in [0.15, 0.2) is 0 Å². The van der Waals surface area contributed by atoms with E-state index in [4.69, 9.17) is 0 Å².